The normalized spacial score (nSPS) is 22.0. The molecule has 142 valence electrons. The number of nitrogens with zero attached hydrogens (tertiary/aromatic N) is 5. The maximum absolute atomic E-state index is 13.4. The number of alkyl halides is 6. The number of halogens is 6. The largest absolute Gasteiger partial charge is 0.409 e. The highest BCUT2D eigenvalue weighted by Gasteiger charge is 2.59. The molecule has 0 radical (unpaired) electrons. The summed E-state index contributed by atoms with van der Waals surface area (Å²) in [5.41, 5.74) is -0.181. The molecule has 1 aliphatic rings. The molecular weight excluding hydrogens is 368 g/mol. The number of hydrogen-bond acceptors (Lipinski definition) is 4. The molecule has 26 heavy (non-hydrogen) atoms. The number of pyridine rings is 1. The molecule has 3 rings (SSSR count). The van der Waals surface area contributed by atoms with Crippen LogP contribution in [-0.2, 0) is 7.05 Å². The van der Waals surface area contributed by atoms with E-state index in [-0.39, 0.29) is 28.0 Å². The van der Waals surface area contributed by atoms with Gasteiger partial charge in [0.05, 0.1) is 11.5 Å². The van der Waals surface area contributed by atoms with Gasteiger partial charge in [0.2, 0.25) is 0 Å². The summed E-state index contributed by atoms with van der Waals surface area (Å²) in [5.74, 6) is -3.84. The number of fused-ring (bicyclic) bond motifs is 1. The van der Waals surface area contributed by atoms with Crippen LogP contribution in [0.5, 0.6) is 0 Å². The first kappa shape index (κ1) is 18.4. The molecule has 0 aliphatic carbocycles. The molecule has 3 heterocycles. The number of hydrogen-bond donors (Lipinski definition) is 0. The Labute approximate surface area is 142 Å². The van der Waals surface area contributed by atoms with Crippen LogP contribution in [0.4, 0.5) is 26.3 Å². The maximum Gasteiger partial charge on any atom is 0.409 e. The standard InChI is InChI=1S/C14H13F6N5O/c1-24-11-9(22-23-24)7(4-5-21-11)12(26)25-6-2-3-8(13(15,16)17)10(25)14(18,19)20/h4-5,8,10H,2-3,6H2,1H3/t8-,10+/m0/s1. The van der Waals surface area contributed by atoms with Crippen molar-refractivity contribution >= 4 is 17.1 Å². The number of aromatic nitrogens is 4. The van der Waals surface area contributed by atoms with Gasteiger partial charge in [0.15, 0.2) is 5.65 Å². The number of carbonyl (C=O) groups excluding carboxylic acids is 1. The second-order valence-corrected chi connectivity index (χ2v) is 6.02. The fourth-order valence-electron chi connectivity index (χ4n) is 3.23. The number of rotatable bonds is 1. The van der Waals surface area contributed by atoms with Crippen molar-refractivity contribution in [3.05, 3.63) is 17.8 Å². The van der Waals surface area contributed by atoms with E-state index in [2.05, 4.69) is 15.3 Å². The summed E-state index contributed by atoms with van der Waals surface area (Å²) in [4.78, 5) is 16.9. The molecule has 12 heteroatoms. The van der Waals surface area contributed by atoms with Crippen LogP contribution in [0.15, 0.2) is 12.3 Å². The van der Waals surface area contributed by atoms with Gasteiger partial charge in [0.25, 0.3) is 5.91 Å². The van der Waals surface area contributed by atoms with E-state index in [0.717, 1.165) is 6.07 Å². The van der Waals surface area contributed by atoms with Crippen molar-refractivity contribution in [2.75, 3.05) is 6.54 Å². The highest BCUT2D eigenvalue weighted by molar-refractivity contribution is 6.04. The average molecular weight is 381 g/mol. The Kier molecular flexibility index (Phi) is 4.31. The number of likely N-dealkylation sites (tertiary alicyclic amines) is 1. The van der Waals surface area contributed by atoms with Gasteiger partial charge in [-0.2, -0.15) is 26.3 Å². The molecule has 2 aromatic heterocycles. The first-order valence-electron chi connectivity index (χ1n) is 7.60. The number of amides is 1. The molecule has 0 N–H and O–H groups in total. The zero-order chi connectivity index (χ0) is 19.3. The van der Waals surface area contributed by atoms with Crippen LogP contribution in [-0.4, -0.2) is 55.7 Å². The molecule has 0 unspecified atom stereocenters. The van der Waals surface area contributed by atoms with Crippen molar-refractivity contribution in [3.63, 3.8) is 0 Å². The predicted octanol–water partition coefficient (Wildman–Crippen LogP) is 2.71. The van der Waals surface area contributed by atoms with Crippen LogP contribution in [0.1, 0.15) is 23.2 Å². The summed E-state index contributed by atoms with van der Waals surface area (Å²) in [6.45, 7) is -0.431. The Morgan fingerprint density at radius 3 is 2.50 bits per heavy atom. The first-order valence-corrected chi connectivity index (χ1v) is 7.60. The van der Waals surface area contributed by atoms with Crippen molar-refractivity contribution < 1.29 is 31.1 Å². The highest BCUT2D eigenvalue weighted by atomic mass is 19.4. The van der Waals surface area contributed by atoms with Gasteiger partial charge >= 0.3 is 12.4 Å². The second kappa shape index (κ2) is 6.09. The van der Waals surface area contributed by atoms with Gasteiger partial charge in [0.1, 0.15) is 11.6 Å². The van der Waals surface area contributed by atoms with E-state index in [4.69, 9.17) is 0 Å². The Morgan fingerprint density at radius 2 is 1.88 bits per heavy atom. The van der Waals surface area contributed by atoms with Gasteiger partial charge < -0.3 is 4.90 Å². The minimum Gasteiger partial charge on any atom is -0.326 e. The van der Waals surface area contributed by atoms with E-state index in [1.807, 2.05) is 0 Å². The van der Waals surface area contributed by atoms with Crippen molar-refractivity contribution in [2.24, 2.45) is 13.0 Å². The molecule has 0 saturated carbocycles. The van der Waals surface area contributed by atoms with E-state index < -0.39 is 43.2 Å². The molecule has 2 atom stereocenters. The second-order valence-electron chi connectivity index (χ2n) is 6.02. The predicted molar refractivity (Wildman–Crippen MR) is 76.0 cm³/mol. The summed E-state index contributed by atoms with van der Waals surface area (Å²) < 4.78 is 80.9. The Balaban J connectivity index is 2.06. The van der Waals surface area contributed by atoms with Crippen LogP contribution in [0.2, 0.25) is 0 Å². The number of piperidine rings is 1. The van der Waals surface area contributed by atoms with Crippen LogP contribution in [0.3, 0.4) is 0 Å². The molecule has 1 amide bonds. The SMILES string of the molecule is Cn1nnc2c(C(=O)N3CCC[C@H](C(F)(F)F)[C@@H]3C(F)(F)F)ccnc21. The fourth-order valence-corrected chi connectivity index (χ4v) is 3.23. The van der Waals surface area contributed by atoms with Gasteiger partial charge in [-0.3, -0.25) is 4.79 Å². The molecule has 2 aromatic rings. The molecule has 0 spiro atoms. The topological polar surface area (TPSA) is 63.9 Å². The summed E-state index contributed by atoms with van der Waals surface area (Å²) >= 11 is 0. The minimum absolute atomic E-state index is 0.0601. The van der Waals surface area contributed by atoms with Gasteiger partial charge in [-0.15, -0.1) is 5.10 Å². The fraction of sp³-hybridized carbons (Fsp3) is 0.571. The third-order valence-corrected chi connectivity index (χ3v) is 4.37. The van der Waals surface area contributed by atoms with E-state index >= 15 is 0 Å². The molecule has 0 bridgehead atoms. The Hall–Kier alpha value is -2.40. The summed E-state index contributed by atoms with van der Waals surface area (Å²) in [6.07, 6.45) is -9.98. The average Bonchev–Trinajstić information content (AvgIpc) is 2.93. The lowest BCUT2D eigenvalue weighted by Gasteiger charge is -2.42. The zero-order valence-electron chi connectivity index (χ0n) is 13.3. The van der Waals surface area contributed by atoms with Crippen molar-refractivity contribution in [2.45, 2.75) is 31.2 Å². The van der Waals surface area contributed by atoms with Crippen molar-refractivity contribution in [1.29, 1.82) is 0 Å². The molecule has 1 aliphatic heterocycles. The van der Waals surface area contributed by atoms with E-state index in [0.29, 0.717) is 0 Å². The van der Waals surface area contributed by atoms with Gasteiger partial charge in [-0.05, 0) is 18.9 Å². The summed E-state index contributed by atoms with van der Waals surface area (Å²) in [7, 11) is 1.47. The van der Waals surface area contributed by atoms with E-state index in [9.17, 15) is 31.1 Å². The molecule has 6 nitrogen and oxygen atoms in total. The lowest BCUT2D eigenvalue weighted by Crippen LogP contribution is -2.59. The van der Waals surface area contributed by atoms with Crippen LogP contribution in [0.25, 0.3) is 11.2 Å². The maximum atomic E-state index is 13.4. The van der Waals surface area contributed by atoms with Gasteiger partial charge in [0, 0.05) is 19.8 Å². The highest BCUT2D eigenvalue weighted by Crippen LogP contribution is 2.44. The lowest BCUT2D eigenvalue weighted by atomic mass is 9.87. The molecule has 1 saturated heterocycles. The lowest BCUT2D eigenvalue weighted by molar-refractivity contribution is -0.260. The third kappa shape index (κ3) is 3.07. The summed E-state index contributed by atoms with van der Waals surface area (Å²) in [5, 5.41) is 7.33. The number of carbonyl (C=O) groups is 1. The molecular formula is C14H13F6N5O. The first-order chi connectivity index (χ1) is 12.0. The van der Waals surface area contributed by atoms with Gasteiger partial charge in [-0.1, -0.05) is 5.21 Å². The smallest absolute Gasteiger partial charge is 0.326 e. The Bertz CT molecular complexity index is 829. The van der Waals surface area contributed by atoms with E-state index in [1.54, 1.807) is 0 Å². The van der Waals surface area contributed by atoms with Crippen LogP contribution in [0, 0.1) is 5.92 Å². The van der Waals surface area contributed by atoms with Crippen LogP contribution >= 0.6 is 0 Å². The Morgan fingerprint density at radius 1 is 1.19 bits per heavy atom. The van der Waals surface area contributed by atoms with Crippen molar-refractivity contribution in [3.8, 4) is 0 Å². The van der Waals surface area contributed by atoms with E-state index in [1.165, 1.54) is 17.9 Å². The zero-order valence-corrected chi connectivity index (χ0v) is 13.3. The minimum atomic E-state index is -5.22. The van der Waals surface area contributed by atoms with Crippen molar-refractivity contribution in [1.82, 2.24) is 24.9 Å². The molecule has 1 fully saturated rings. The molecule has 0 aromatic carbocycles. The monoisotopic (exact) mass is 381 g/mol. The third-order valence-electron chi connectivity index (χ3n) is 4.37. The van der Waals surface area contributed by atoms with Crippen LogP contribution < -0.4 is 0 Å². The number of aryl methyl sites for hydroxylation is 1. The quantitative estimate of drug-likeness (QED) is 0.713. The summed E-state index contributed by atoms with van der Waals surface area (Å²) in [6, 6.07) is -1.81. The van der Waals surface area contributed by atoms with Gasteiger partial charge in [-0.25, -0.2) is 9.67 Å².